The third kappa shape index (κ3) is 45.2. The van der Waals surface area contributed by atoms with Crippen LogP contribution in [-0.4, -0.2) is 97.5 Å². The van der Waals surface area contributed by atoms with Gasteiger partial charge in [-0.1, -0.05) is 234 Å². The first-order valence-corrected chi connectivity index (χ1v) is 31.7. The highest BCUT2D eigenvalue weighted by atomic mass is 32.3. The van der Waals surface area contributed by atoms with Crippen LogP contribution in [0, 0.1) is 0 Å². The lowest BCUT2D eigenvalue weighted by Crippen LogP contribution is -2.60. The quantitative estimate of drug-likeness (QED) is 0.0196. The second-order valence-electron chi connectivity index (χ2n) is 20.6. The predicted molar refractivity (Wildman–Crippen MR) is 312 cm³/mol. The number of hydrogen-bond donors (Lipinski definition) is 4. The fourth-order valence-electron chi connectivity index (χ4n) is 8.97. The number of esters is 1. The average molecular weight is 1090 g/mol. The summed E-state index contributed by atoms with van der Waals surface area (Å²) in [5, 5.41) is 30.9. The van der Waals surface area contributed by atoms with Crippen LogP contribution in [0.5, 0.6) is 0 Å². The minimum Gasteiger partial charge on any atom is -0.457 e. The Morgan fingerprint density at radius 3 is 1.33 bits per heavy atom. The van der Waals surface area contributed by atoms with Crippen LogP contribution >= 0.6 is 0 Å². The van der Waals surface area contributed by atoms with Crippen molar-refractivity contribution < 1.29 is 56.2 Å². The number of ether oxygens (including phenoxy) is 4. The Morgan fingerprint density at radius 2 is 0.908 bits per heavy atom. The van der Waals surface area contributed by atoms with Crippen LogP contribution in [0.4, 0.5) is 0 Å². The van der Waals surface area contributed by atoms with Crippen molar-refractivity contribution in [3.8, 4) is 0 Å². The Hall–Kier alpha value is -2.72. The predicted octanol–water partition coefficient (Wildman–Crippen LogP) is 15.5. The number of carbonyl (C=O) groups is 1. The molecule has 6 unspecified atom stereocenters. The Kier molecular flexibility index (Phi) is 49.7. The molecule has 6 atom stereocenters. The van der Waals surface area contributed by atoms with E-state index in [1.165, 1.54) is 135 Å². The van der Waals surface area contributed by atoms with Crippen LogP contribution in [0.3, 0.4) is 0 Å². The van der Waals surface area contributed by atoms with Gasteiger partial charge in [0, 0.05) is 13.0 Å². The summed E-state index contributed by atoms with van der Waals surface area (Å²) < 4.78 is 59.5. The molecule has 0 aromatic carbocycles. The molecule has 0 aromatic rings. The van der Waals surface area contributed by atoms with Gasteiger partial charge < -0.3 is 34.3 Å². The van der Waals surface area contributed by atoms with E-state index in [2.05, 4.69) is 103 Å². The molecule has 0 spiro atoms. The van der Waals surface area contributed by atoms with Crippen molar-refractivity contribution in [1.29, 1.82) is 0 Å². The van der Waals surface area contributed by atoms with Crippen LogP contribution in [0.15, 0.2) is 85.1 Å². The number of allylic oxidation sites excluding steroid dienone is 14. The molecule has 1 saturated heterocycles. The molecular weight excluding hydrogens is 981 g/mol. The number of aliphatic hydroxyl groups is 3. The van der Waals surface area contributed by atoms with Crippen LogP contribution in [-0.2, 0) is 38.3 Å². The Bertz CT molecular complexity index is 1640. The first kappa shape index (κ1) is 71.3. The fourth-order valence-corrected chi connectivity index (χ4v) is 9.48. The van der Waals surface area contributed by atoms with Gasteiger partial charge in [0.1, 0.15) is 30.5 Å². The summed E-state index contributed by atoms with van der Waals surface area (Å²) in [6.07, 6.45) is 63.3. The van der Waals surface area contributed by atoms with E-state index >= 15 is 0 Å². The van der Waals surface area contributed by atoms with Crippen molar-refractivity contribution in [2.75, 3.05) is 26.4 Å². The Labute approximate surface area is 463 Å². The van der Waals surface area contributed by atoms with E-state index in [1.807, 2.05) is 0 Å². The van der Waals surface area contributed by atoms with Gasteiger partial charge in [-0.25, -0.2) is 4.18 Å². The zero-order valence-corrected chi connectivity index (χ0v) is 48.6. The van der Waals surface area contributed by atoms with Crippen molar-refractivity contribution in [2.24, 2.45) is 0 Å². The third-order valence-electron chi connectivity index (χ3n) is 13.5. The molecule has 0 amide bonds. The lowest BCUT2D eigenvalue weighted by atomic mass is 9.99. The highest BCUT2D eigenvalue weighted by Crippen LogP contribution is 2.26. The first-order chi connectivity index (χ1) is 37.1. The van der Waals surface area contributed by atoms with E-state index in [0.717, 1.165) is 83.5 Å². The normalized spacial score (nSPS) is 19.2. The molecule has 0 radical (unpaired) electrons. The van der Waals surface area contributed by atoms with Gasteiger partial charge in [-0.3, -0.25) is 9.35 Å². The maximum Gasteiger partial charge on any atom is 0.397 e. The molecule has 76 heavy (non-hydrogen) atoms. The molecule has 13 heteroatoms. The highest BCUT2D eigenvalue weighted by molar-refractivity contribution is 7.80. The van der Waals surface area contributed by atoms with Crippen molar-refractivity contribution in [3.63, 3.8) is 0 Å². The number of rotatable bonds is 53. The minimum absolute atomic E-state index is 0.0287. The van der Waals surface area contributed by atoms with Crippen LogP contribution < -0.4 is 0 Å². The number of aliphatic hydroxyl groups excluding tert-OH is 3. The maximum atomic E-state index is 13.0. The maximum absolute atomic E-state index is 13.0. The molecule has 1 rings (SSSR count). The summed E-state index contributed by atoms with van der Waals surface area (Å²) in [7, 11) is -5.07. The number of hydrogen-bond acceptors (Lipinski definition) is 11. The van der Waals surface area contributed by atoms with E-state index < -0.39 is 59.8 Å². The van der Waals surface area contributed by atoms with E-state index in [4.69, 9.17) is 18.9 Å². The molecule has 0 aliphatic carbocycles. The van der Waals surface area contributed by atoms with E-state index in [0.29, 0.717) is 13.0 Å². The SMILES string of the molecule is CC/C=C\C/C=C\C/C=C\C/C=C\C/C=C\CCCCCCCCCCCCOCC(COC1OC(CO)C(O)C(OS(=O)(=O)O)C1O)OC(=O)CCCCCCCCCCCCC/C=C\C/C=C\CCCCCCC. The smallest absolute Gasteiger partial charge is 0.397 e. The molecule has 0 bridgehead atoms. The fraction of sp³-hybridized carbons (Fsp3) is 0.762. The van der Waals surface area contributed by atoms with Gasteiger partial charge in [0.2, 0.25) is 0 Å². The molecular formula is C63H110O12S. The molecule has 4 N–H and O–H groups in total. The van der Waals surface area contributed by atoms with Crippen LogP contribution in [0.25, 0.3) is 0 Å². The molecule has 1 fully saturated rings. The van der Waals surface area contributed by atoms with Crippen molar-refractivity contribution in [3.05, 3.63) is 85.1 Å². The molecule has 0 saturated carbocycles. The summed E-state index contributed by atoms with van der Waals surface area (Å²) in [4.78, 5) is 13.0. The van der Waals surface area contributed by atoms with E-state index in [9.17, 15) is 33.1 Å². The molecule has 12 nitrogen and oxygen atoms in total. The van der Waals surface area contributed by atoms with Gasteiger partial charge >= 0.3 is 16.4 Å². The standard InChI is InChI=1S/C63H110O12S/c1-3-5-7-9-11-13-15-17-19-21-23-25-27-28-29-31-33-35-37-39-41-43-45-47-49-51-53-71-55-57(56-72-63-61(67)62(75-76(68,69)70)60(66)58(54-64)74-63)73-59(65)52-50-48-46-44-42-40-38-36-34-32-30-26-24-22-20-18-16-14-12-10-8-6-4-2/h5,7,11,13,16-19,22-25,28-29,57-58,60-64,66-67H,3-4,6,8-10,12,14-15,20-21,26-27,30-56H2,1-2H3,(H,68,69,70)/b7-5-,13-11-,18-16-,19-17-,24-22-,25-23-,29-28-. The van der Waals surface area contributed by atoms with E-state index in [-0.39, 0.29) is 19.6 Å². The summed E-state index contributed by atoms with van der Waals surface area (Å²) in [5.74, 6) is -0.403. The second-order valence-corrected chi connectivity index (χ2v) is 21.6. The molecule has 440 valence electrons. The monoisotopic (exact) mass is 1090 g/mol. The highest BCUT2D eigenvalue weighted by Gasteiger charge is 2.48. The van der Waals surface area contributed by atoms with Crippen molar-refractivity contribution in [2.45, 2.75) is 282 Å². The molecule has 0 aromatic heterocycles. The lowest BCUT2D eigenvalue weighted by molar-refractivity contribution is -0.301. The topological polar surface area (TPSA) is 178 Å². The van der Waals surface area contributed by atoms with Crippen LogP contribution in [0.1, 0.15) is 245 Å². The largest absolute Gasteiger partial charge is 0.457 e. The first-order valence-electron chi connectivity index (χ1n) is 30.3. The zero-order valence-electron chi connectivity index (χ0n) is 47.8. The molecule has 1 heterocycles. The molecule has 1 aliphatic rings. The summed E-state index contributed by atoms with van der Waals surface area (Å²) in [6, 6.07) is 0. The second kappa shape index (κ2) is 53.0. The van der Waals surface area contributed by atoms with Gasteiger partial charge in [-0.05, 0) is 89.9 Å². The summed E-state index contributed by atoms with van der Waals surface area (Å²) in [6.45, 7) is 3.88. The summed E-state index contributed by atoms with van der Waals surface area (Å²) >= 11 is 0. The molecule has 1 aliphatic heterocycles. The van der Waals surface area contributed by atoms with Gasteiger partial charge in [0.15, 0.2) is 6.29 Å². The van der Waals surface area contributed by atoms with Gasteiger partial charge in [-0.2, -0.15) is 8.42 Å². The zero-order chi connectivity index (χ0) is 55.3. The average Bonchev–Trinajstić information content (AvgIpc) is 3.40. The Balaban J connectivity index is 2.28. The van der Waals surface area contributed by atoms with Gasteiger partial charge in [-0.15, -0.1) is 0 Å². The van der Waals surface area contributed by atoms with Gasteiger partial charge in [0.25, 0.3) is 0 Å². The summed E-state index contributed by atoms with van der Waals surface area (Å²) in [5.41, 5.74) is 0. The van der Waals surface area contributed by atoms with Gasteiger partial charge in [0.05, 0.1) is 19.8 Å². The van der Waals surface area contributed by atoms with Crippen LogP contribution in [0.2, 0.25) is 0 Å². The number of unbranched alkanes of at least 4 members (excludes halogenated alkanes) is 26. The minimum atomic E-state index is -5.07. The van der Waals surface area contributed by atoms with Crippen molar-refractivity contribution >= 4 is 16.4 Å². The lowest BCUT2D eigenvalue weighted by Gasteiger charge is -2.41. The number of carbonyl (C=O) groups excluding carboxylic acids is 1. The van der Waals surface area contributed by atoms with Crippen molar-refractivity contribution in [1.82, 2.24) is 0 Å². The third-order valence-corrected chi connectivity index (χ3v) is 14.0. The Morgan fingerprint density at radius 1 is 0.513 bits per heavy atom. The van der Waals surface area contributed by atoms with E-state index in [1.54, 1.807) is 0 Å².